The van der Waals surface area contributed by atoms with Crippen LogP contribution >= 0.6 is 35.3 Å². The van der Waals surface area contributed by atoms with Crippen LogP contribution in [0, 0.1) is 0 Å². The molecule has 0 radical (unpaired) electrons. The van der Waals surface area contributed by atoms with Crippen LogP contribution in [0.3, 0.4) is 0 Å². The number of thiophene rings is 1. The van der Waals surface area contributed by atoms with Crippen molar-refractivity contribution in [3.63, 3.8) is 0 Å². The summed E-state index contributed by atoms with van der Waals surface area (Å²) in [5.41, 5.74) is 1.39. The second kappa shape index (κ2) is 8.20. The van der Waals surface area contributed by atoms with E-state index in [-0.39, 0.29) is 11.5 Å². The lowest BCUT2D eigenvalue weighted by Gasteiger charge is -2.13. The standard InChI is InChI=1S/C21H14N2O3S3/c24-19-16(22-21(27)23(19)13-6-2-1-3-7-13)12-14-10-11-18(28-14)29-17-9-5-4-8-15(17)20(25)26/h1-12H,(H,22,27)(H,25,26)/b16-12+. The highest BCUT2D eigenvalue weighted by Gasteiger charge is 2.31. The number of carboxylic acids is 1. The SMILES string of the molecule is O=C(O)c1ccccc1Sc1ccc(/C=C2/NC(=S)N(c3ccccc3)C2=O)s1. The van der Waals surface area contributed by atoms with E-state index in [4.69, 9.17) is 12.2 Å². The summed E-state index contributed by atoms with van der Waals surface area (Å²) in [5.74, 6) is -1.16. The molecule has 1 aliphatic rings. The summed E-state index contributed by atoms with van der Waals surface area (Å²) in [6.07, 6.45) is 1.76. The maximum absolute atomic E-state index is 12.8. The van der Waals surface area contributed by atoms with E-state index in [9.17, 15) is 14.7 Å². The van der Waals surface area contributed by atoms with Crippen molar-refractivity contribution in [2.45, 2.75) is 9.10 Å². The van der Waals surface area contributed by atoms with Gasteiger partial charge in [-0.2, -0.15) is 0 Å². The number of hydrogen-bond donors (Lipinski definition) is 2. The van der Waals surface area contributed by atoms with Crippen molar-refractivity contribution in [2.75, 3.05) is 4.90 Å². The molecular formula is C21H14N2O3S3. The van der Waals surface area contributed by atoms with Gasteiger partial charge in [0.1, 0.15) is 5.70 Å². The van der Waals surface area contributed by atoms with Gasteiger partial charge in [0.25, 0.3) is 5.91 Å². The number of aromatic carboxylic acids is 1. The zero-order valence-electron chi connectivity index (χ0n) is 14.9. The van der Waals surface area contributed by atoms with E-state index < -0.39 is 5.97 Å². The van der Waals surface area contributed by atoms with E-state index in [0.29, 0.717) is 21.4 Å². The van der Waals surface area contributed by atoms with Crippen LogP contribution in [0.1, 0.15) is 15.2 Å². The molecule has 29 heavy (non-hydrogen) atoms. The molecule has 4 rings (SSSR count). The highest BCUT2D eigenvalue weighted by molar-refractivity contribution is 8.01. The third kappa shape index (κ3) is 4.09. The van der Waals surface area contributed by atoms with Gasteiger partial charge in [-0.05, 0) is 54.7 Å². The summed E-state index contributed by atoms with van der Waals surface area (Å²) >= 11 is 8.18. The first-order chi connectivity index (χ1) is 14.0. The number of carbonyl (C=O) groups is 2. The Morgan fingerprint density at radius 1 is 1.07 bits per heavy atom. The van der Waals surface area contributed by atoms with E-state index in [1.54, 1.807) is 24.3 Å². The lowest BCUT2D eigenvalue weighted by molar-refractivity contribution is -0.113. The Morgan fingerprint density at radius 2 is 1.79 bits per heavy atom. The molecule has 2 aromatic carbocycles. The molecule has 1 fully saturated rings. The van der Waals surface area contributed by atoms with Gasteiger partial charge in [-0.3, -0.25) is 9.69 Å². The van der Waals surface area contributed by atoms with Crippen molar-refractivity contribution in [2.24, 2.45) is 0 Å². The van der Waals surface area contributed by atoms with Crippen LogP contribution in [-0.2, 0) is 4.79 Å². The first-order valence-electron chi connectivity index (χ1n) is 8.55. The maximum Gasteiger partial charge on any atom is 0.336 e. The van der Waals surface area contributed by atoms with Gasteiger partial charge in [0.15, 0.2) is 5.11 Å². The summed E-state index contributed by atoms with van der Waals surface area (Å²) in [6, 6.07) is 19.9. The van der Waals surface area contributed by atoms with Crippen molar-refractivity contribution in [3.05, 3.63) is 82.9 Å². The van der Waals surface area contributed by atoms with Crippen LogP contribution in [-0.4, -0.2) is 22.1 Å². The number of anilines is 1. The van der Waals surface area contributed by atoms with Crippen molar-refractivity contribution in [3.8, 4) is 0 Å². The molecule has 3 aromatic rings. The van der Waals surface area contributed by atoms with Crippen LogP contribution in [0.15, 0.2) is 81.5 Å². The summed E-state index contributed by atoms with van der Waals surface area (Å²) in [7, 11) is 0. The molecule has 2 heterocycles. The van der Waals surface area contributed by atoms with Gasteiger partial charge in [0.05, 0.1) is 15.5 Å². The predicted octanol–water partition coefficient (Wildman–Crippen LogP) is 4.86. The van der Waals surface area contributed by atoms with Gasteiger partial charge in [0, 0.05) is 9.77 Å². The molecule has 0 aliphatic carbocycles. The first-order valence-corrected chi connectivity index (χ1v) is 10.6. The van der Waals surface area contributed by atoms with Crippen LogP contribution in [0.4, 0.5) is 5.69 Å². The minimum atomic E-state index is -0.956. The molecule has 0 saturated carbocycles. The van der Waals surface area contributed by atoms with Gasteiger partial charge in [-0.1, -0.05) is 42.1 Å². The van der Waals surface area contributed by atoms with Crippen molar-refractivity contribution in [1.29, 1.82) is 0 Å². The van der Waals surface area contributed by atoms with Gasteiger partial charge in [-0.15, -0.1) is 11.3 Å². The number of hydrogen-bond acceptors (Lipinski definition) is 5. The Labute approximate surface area is 180 Å². The van der Waals surface area contributed by atoms with Gasteiger partial charge >= 0.3 is 5.97 Å². The van der Waals surface area contributed by atoms with Gasteiger partial charge in [0.2, 0.25) is 0 Å². The molecule has 144 valence electrons. The Balaban J connectivity index is 1.55. The van der Waals surface area contributed by atoms with Crippen molar-refractivity contribution in [1.82, 2.24) is 5.32 Å². The molecule has 8 heteroatoms. The first kappa shape index (κ1) is 19.4. The Hall–Kier alpha value is -2.94. The molecule has 5 nitrogen and oxygen atoms in total. The molecule has 0 spiro atoms. The molecule has 1 saturated heterocycles. The van der Waals surface area contributed by atoms with E-state index in [1.807, 2.05) is 48.5 Å². The van der Waals surface area contributed by atoms with Crippen molar-refractivity contribution >= 4 is 64.1 Å². The zero-order valence-corrected chi connectivity index (χ0v) is 17.3. The molecule has 0 bridgehead atoms. The number of para-hydroxylation sites is 1. The fraction of sp³-hybridized carbons (Fsp3) is 0. The number of carboxylic acid groups (broad SMARTS) is 1. The Kier molecular flexibility index (Phi) is 5.48. The van der Waals surface area contributed by atoms with Crippen LogP contribution in [0.25, 0.3) is 6.08 Å². The average Bonchev–Trinajstić information content (AvgIpc) is 3.26. The number of thiocarbonyl (C=S) groups is 1. The average molecular weight is 439 g/mol. The van der Waals surface area contributed by atoms with Gasteiger partial charge < -0.3 is 10.4 Å². The number of benzene rings is 2. The molecule has 1 aromatic heterocycles. The lowest BCUT2D eigenvalue weighted by atomic mass is 10.2. The third-order valence-electron chi connectivity index (χ3n) is 4.11. The zero-order chi connectivity index (χ0) is 20.4. The third-order valence-corrected chi connectivity index (χ3v) is 6.63. The minimum Gasteiger partial charge on any atom is -0.478 e. The number of carbonyl (C=O) groups excluding carboxylic acids is 1. The quantitative estimate of drug-likeness (QED) is 0.438. The Bertz CT molecular complexity index is 1140. The second-order valence-corrected chi connectivity index (χ2v) is 8.87. The molecule has 1 amide bonds. The van der Waals surface area contributed by atoms with Crippen LogP contribution < -0.4 is 10.2 Å². The summed E-state index contributed by atoms with van der Waals surface area (Å²) in [6.45, 7) is 0. The predicted molar refractivity (Wildman–Crippen MR) is 119 cm³/mol. The van der Waals surface area contributed by atoms with E-state index >= 15 is 0 Å². The Morgan fingerprint density at radius 3 is 2.55 bits per heavy atom. The van der Waals surface area contributed by atoms with E-state index in [0.717, 1.165) is 9.09 Å². The number of rotatable bonds is 5. The minimum absolute atomic E-state index is 0.208. The van der Waals surface area contributed by atoms with E-state index in [2.05, 4.69) is 5.32 Å². The molecule has 0 atom stereocenters. The molecule has 2 N–H and O–H groups in total. The number of nitrogens with one attached hydrogen (secondary N) is 1. The summed E-state index contributed by atoms with van der Waals surface area (Å²) < 4.78 is 0.929. The molecular weight excluding hydrogens is 424 g/mol. The van der Waals surface area contributed by atoms with Crippen LogP contribution in [0.5, 0.6) is 0 Å². The number of nitrogens with zero attached hydrogens (tertiary/aromatic N) is 1. The monoisotopic (exact) mass is 438 g/mol. The molecule has 1 aliphatic heterocycles. The molecule has 0 unspecified atom stereocenters. The van der Waals surface area contributed by atoms with E-state index in [1.165, 1.54) is 28.0 Å². The fourth-order valence-electron chi connectivity index (χ4n) is 2.80. The summed E-state index contributed by atoms with van der Waals surface area (Å²) in [4.78, 5) is 27.2. The highest BCUT2D eigenvalue weighted by Crippen LogP contribution is 2.36. The second-order valence-electron chi connectivity index (χ2n) is 6.02. The highest BCUT2D eigenvalue weighted by atomic mass is 32.2. The topological polar surface area (TPSA) is 69.6 Å². The maximum atomic E-state index is 12.8. The van der Waals surface area contributed by atoms with Crippen molar-refractivity contribution < 1.29 is 14.7 Å². The van der Waals surface area contributed by atoms with Gasteiger partial charge in [-0.25, -0.2) is 4.79 Å². The normalized spacial score (nSPS) is 15.0. The number of amides is 1. The summed E-state index contributed by atoms with van der Waals surface area (Å²) in [5, 5.41) is 12.6. The van der Waals surface area contributed by atoms with Crippen LogP contribution in [0.2, 0.25) is 0 Å². The smallest absolute Gasteiger partial charge is 0.336 e. The fourth-order valence-corrected chi connectivity index (χ4v) is 5.27. The largest absolute Gasteiger partial charge is 0.478 e. The lowest BCUT2D eigenvalue weighted by Crippen LogP contribution is -2.30.